The molecule has 4 nitrogen and oxygen atoms in total. The third kappa shape index (κ3) is 10.2. The summed E-state index contributed by atoms with van der Waals surface area (Å²) in [6.45, 7) is 7.18. The number of carbonyl (C=O) groups excluding carboxylic acids is 2. The summed E-state index contributed by atoms with van der Waals surface area (Å²) in [5.74, 6) is 0.172. The van der Waals surface area contributed by atoms with E-state index in [0.29, 0.717) is 23.3 Å². The SMILES string of the molecule is CCCCCCCCC(=O)c1ccc(OC(=O)c2ccc(C(C)OCCCCCC)cc2)cc1. The normalized spacial score (nSPS) is 11.9. The van der Waals surface area contributed by atoms with Crippen LogP contribution in [0, 0.1) is 0 Å². The number of carbonyl (C=O) groups is 2. The van der Waals surface area contributed by atoms with Gasteiger partial charge >= 0.3 is 5.97 Å². The maximum atomic E-state index is 12.5. The number of esters is 1. The van der Waals surface area contributed by atoms with Crippen molar-refractivity contribution in [3.63, 3.8) is 0 Å². The first kappa shape index (κ1) is 27.8. The van der Waals surface area contributed by atoms with Crippen LogP contribution in [0.3, 0.4) is 0 Å². The zero-order valence-corrected chi connectivity index (χ0v) is 21.3. The van der Waals surface area contributed by atoms with Gasteiger partial charge in [0, 0.05) is 18.6 Å². The highest BCUT2D eigenvalue weighted by atomic mass is 16.5. The molecule has 0 radical (unpaired) electrons. The molecule has 0 fully saturated rings. The van der Waals surface area contributed by atoms with Crippen LogP contribution in [0.25, 0.3) is 0 Å². The molecule has 1 unspecified atom stereocenters. The first-order chi connectivity index (χ1) is 16.5. The Morgan fingerprint density at radius 1 is 0.706 bits per heavy atom. The van der Waals surface area contributed by atoms with Crippen molar-refractivity contribution in [3.05, 3.63) is 65.2 Å². The molecule has 0 spiro atoms. The van der Waals surface area contributed by atoms with Gasteiger partial charge in [-0.1, -0.05) is 77.3 Å². The van der Waals surface area contributed by atoms with Gasteiger partial charge in [-0.05, 0) is 61.7 Å². The van der Waals surface area contributed by atoms with Crippen LogP contribution in [0.5, 0.6) is 5.75 Å². The van der Waals surface area contributed by atoms with E-state index in [1.807, 2.05) is 19.1 Å². The van der Waals surface area contributed by atoms with E-state index in [9.17, 15) is 9.59 Å². The van der Waals surface area contributed by atoms with Gasteiger partial charge in [-0.15, -0.1) is 0 Å². The number of hydrogen-bond donors (Lipinski definition) is 0. The van der Waals surface area contributed by atoms with E-state index >= 15 is 0 Å². The van der Waals surface area contributed by atoms with Crippen LogP contribution in [0.15, 0.2) is 48.5 Å². The summed E-state index contributed by atoms with van der Waals surface area (Å²) < 4.78 is 11.4. The zero-order valence-electron chi connectivity index (χ0n) is 21.3. The van der Waals surface area contributed by atoms with Gasteiger partial charge in [0.1, 0.15) is 5.75 Å². The minimum atomic E-state index is -0.411. The Hall–Kier alpha value is -2.46. The minimum Gasteiger partial charge on any atom is -0.423 e. The first-order valence-corrected chi connectivity index (χ1v) is 13.1. The van der Waals surface area contributed by atoms with E-state index < -0.39 is 5.97 Å². The fraction of sp³-hybridized carbons (Fsp3) is 0.533. The van der Waals surface area contributed by atoms with Gasteiger partial charge in [-0.2, -0.15) is 0 Å². The molecular formula is C30H42O4. The molecule has 0 aliphatic heterocycles. The lowest BCUT2D eigenvalue weighted by atomic mass is 10.0. The Morgan fingerprint density at radius 3 is 1.91 bits per heavy atom. The predicted octanol–water partition coefficient (Wildman–Crippen LogP) is 8.50. The van der Waals surface area contributed by atoms with Crippen LogP contribution in [-0.4, -0.2) is 18.4 Å². The van der Waals surface area contributed by atoms with Gasteiger partial charge in [-0.25, -0.2) is 4.79 Å². The molecule has 2 rings (SSSR count). The number of Topliss-reactive ketones (excluding diaryl/α,β-unsaturated/α-hetero) is 1. The molecule has 4 heteroatoms. The van der Waals surface area contributed by atoms with E-state index in [0.717, 1.165) is 31.4 Å². The Morgan fingerprint density at radius 2 is 1.26 bits per heavy atom. The van der Waals surface area contributed by atoms with E-state index in [4.69, 9.17) is 9.47 Å². The van der Waals surface area contributed by atoms with Gasteiger partial charge in [-0.3, -0.25) is 4.79 Å². The van der Waals surface area contributed by atoms with Crippen molar-refractivity contribution in [2.45, 2.75) is 97.5 Å². The second-order valence-electron chi connectivity index (χ2n) is 9.05. The molecule has 34 heavy (non-hydrogen) atoms. The second-order valence-corrected chi connectivity index (χ2v) is 9.05. The molecule has 0 heterocycles. The molecule has 2 aromatic rings. The number of ketones is 1. The lowest BCUT2D eigenvalue weighted by Crippen LogP contribution is -2.09. The minimum absolute atomic E-state index is 0.00637. The number of unbranched alkanes of at least 4 members (excludes halogenated alkanes) is 8. The third-order valence-corrected chi connectivity index (χ3v) is 6.13. The van der Waals surface area contributed by atoms with Gasteiger partial charge in [0.25, 0.3) is 0 Å². The van der Waals surface area contributed by atoms with E-state index in [1.54, 1.807) is 36.4 Å². The smallest absolute Gasteiger partial charge is 0.343 e. The highest BCUT2D eigenvalue weighted by Crippen LogP contribution is 2.20. The number of ether oxygens (including phenoxy) is 2. The molecule has 2 aromatic carbocycles. The lowest BCUT2D eigenvalue weighted by molar-refractivity contribution is 0.0626. The monoisotopic (exact) mass is 466 g/mol. The van der Waals surface area contributed by atoms with Gasteiger partial charge in [0.2, 0.25) is 0 Å². The topological polar surface area (TPSA) is 52.6 Å². The van der Waals surface area contributed by atoms with Crippen LogP contribution < -0.4 is 4.74 Å². The second kappa shape index (κ2) is 16.2. The molecule has 1 atom stereocenters. The number of hydrogen-bond acceptors (Lipinski definition) is 4. The number of rotatable bonds is 17. The predicted molar refractivity (Wildman–Crippen MR) is 139 cm³/mol. The molecule has 0 aromatic heterocycles. The Bertz CT molecular complexity index is 839. The Balaban J connectivity index is 1.77. The maximum Gasteiger partial charge on any atom is 0.343 e. The van der Waals surface area contributed by atoms with Crippen molar-refractivity contribution >= 4 is 11.8 Å². The molecule has 0 aliphatic rings. The molecule has 0 aliphatic carbocycles. The first-order valence-electron chi connectivity index (χ1n) is 13.1. The maximum absolute atomic E-state index is 12.5. The van der Waals surface area contributed by atoms with Gasteiger partial charge < -0.3 is 9.47 Å². The molecule has 186 valence electrons. The van der Waals surface area contributed by atoms with E-state index in [1.165, 1.54) is 44.9 Å². The molecule has 0 saturated carbocycles. The van der Waals surface area contributed by atoms with Crippen LogP contribution in [0.1, 0.15) is 124 Å². The molecule has 0 amide bonds. The van der Waals surface area contributed by atoms with E-state index in [2.05, 4.69) is 13.8 Å². The van der Waals surface area contributed by atoms with Crippen molar-refractivity contribution in [2.24, 2.45) is 0 Å². The molecule has 0 N–H and O–H groups in total. The van der Waals surface area contributed by atoms with Crippen LogP contribution in [-0.2, 0) is 4.74 Å². The largest absolute Gasteiger partial charge is 0.423 e. The van der Waals surface area contributed by atoms with Gasteiger partial charge in [0.15, 0.2) is 5.78 Å². The summed E-state index contributed by atoms with van der Waals surface area (Å²) in [6.07, 6.45) is 12.3. The summed E-state index contributed by atoms with van der Waals surface area (Å²) in [5.41, 5.74) is 2.20. The summed E-state index contributed by atoms with van der Waals surface area (Å²) in [5, 5.41) is 0. The van der Waals surface area contributed by atoms with Crippen molar-refractivity contribution < 1.29 is 19.1 Å². The standard InChI is InChI=1S/C30H42O4/c1-4-6-8-10-11-12-14-29(31)26-19-21-28(22-20-26)34-30(32)27-17-15-25(16-18-27)24(3)33-23-13-9-7-5-2/h15-22,24H,4-14,23H2,1-3H3. The third-order valence-electron chi connectivity index (χ3n) is 6.13. The average Bonchev–Trinajstić information content (AvgIpc) is 2.86. The Labute approximate surface area is 206 Å². The molecule has 0 bridgehead atoms. The van der Waals surface area contributed by atoms with Crippen LogP contribution >= 0.6 is 0 Å². The van der Waals surface area contributed by atoms with Gasteiger partial charge in [0.05, 0.1) is 11.7 Å². The van der Waals surface area contributed by atoms with Crippen molar-refractivity contribution in [3.8, 4) is 5.75 Å². The van der Waals surface area contributed by atoms with Crippen molar-refractivity contribution in [1.82, 2.24) is 0 Å². The Kier molecular flexibility index (Phi) is 13.2. The highest BCUT2D eigenvalue weighted by molar-refractivity contribution is 5.96. The quantitative estimate of drug-likeness (QED) is 0.101. The average molecular weight is 467 g/mol. The summed E-state index contributed by atoms with van der Waals surface area (Å²) in [4.78, 5) is 24.9. The summed E-state index contributed by atoms with van der Waals surface area (Å²) >= 11 is 0. The lowest BCUT2D eigenvalue weighted by Gasteiger charge is -2.14. The van der Waals surface area contributed by atoms with Crippen molar-refractivity contribution in [1.29, 1.82) is 0 Å². The summed E-state index contributed by atoms with van der Waals surface area (Å²) in [7, 11) is 0. The highest BCUT2D eigenvalue weighted by Gasteiger charge is 2.12. The van der Waals surface area contributed by atoms with Crippen LogP contribution in [0.4, 0.5) is 0 Å². The van der Waals surface area contributed by atoms with Crippen LogP contribution in [0.2, 0.25) is 0 Å². The van der Waals surface area contributed by atoms with E-state index in [-0.39, 0.29) is 11.9 Å². The molecular weight excluding hydrogens is 424 g/mol. The van der Waals surface area contributed by atoms with Crippen molar-refractivity contribution in [2.75, 3.05) is 6.61 Å². The molecule has 0 saturated heterocycles. The zero-order chi connectivity index (χ0) is 24.6. The fourth-order valence-corrected chi connectivity index (χ4v) is 3.86. The number of benzene rings is 2. The summed E-state index contributed by atoms with van der Waals surface area (Å²) in [6, 6.07) is 14.2. The fourth-order valence-electron chi connectivity index (χ4n) is 3.86.